The number of ether oxygens (including phenoxy) is 1. The highest BCUT2D eigenvalue weighted by Crippen LogP contribution is 2.22. The number of hydrogen-bond acceptors (Lipinski definition) is 5. The Hall–Kier alpha value is -2.45. The lowest BCUT2D eigenvalue weighted by Gasteiger charge is -2.07. The smallest absolute Gasteiger partial charge is 0.308 e. The molecule has 0 saturated carbocycles. The van der Waals surface area contributed by atoms with E-state index in [1.807, 2.05) is 0 Å². The molecule has 1 aliphatic heterocycles. The van der Waals surface area contributed by atoms with Gasteiger partial charge in [-0.05, 0) is 24.3 Å². The maximum absolute atomic E-state index is 13.6. The van der Waals surface area contributed by atoms with E-state index in [9.17, 15) is 17.6 Å². The summed E-state index contributed by atoms with van der Waals surface area (Å²) in [5.74, 6) is -0.962. The first kappa shape index (κ1) is 18.3. The zero-order valence-electron chi connectivity index (χ0n) is 13.4. The average molecular weight is 397 g/mol. The first-order valence-corrected chi connectivity index (χ1v) is 9.50. The normalized spacial score (nSPS) is 16.2. The van der Waals surface area contributed by atoms with Crippen LogP contribution in [0.15, 0.2) is 52.4 Å². The number of carbonyl (C=O) groups excluding carboxylic acids is 1. The van der Waals surface area contributed by atoms with E-state index in [-0.39, 0.29) is 40.9 Å². The number of nitrogens with zero attached hydrogens (tertiary/aromatic N) is 1. The fraction of sp³-hybridized carbons (Fsp3) is 0.176. The molecule has 6 nitrogen and oxygen atoms in total. The van der Waals surface area contributed by atoms with Crippen LogP contribution in [0.4, 0.5) is 4.39 Å². The lowest BCUT2D eigenvalue weighted by Crippen LogP contribution is -2.22. The third kappa shape index (κ3) is 3.86. The van der Waals surface area contributed by atoms with E-state index in [2.05, 4.69) is 9.71 Å². The van der Waals surface area contributed by atoms with Crippen LogP contribution in [0.2, 0.25) is 5.02 Å². The lowest BCUT2D eigenvalue weighted by atomic mass is 10.2. The fourth-order valence-electron chi connectivity index (χ4n) is 2.41. The topological polar surface area (TPSA) is 84.8 Å². The molecule has 0 saturated heterocycles. The average Bonchev–Trinajstić information content (AvgIpc) is 2.86. The molecule has 0 atom stereocenters. The largest absolute Gasteiger partial charge is 0.461 e. The molecule has 0 spiro atoms. The van der Waals surface area contributed by atoms with Gasteiger partial charge in [-0.1, -0.05) is 29.8 Å². The highest BCUT2D eigenvalue weighted by molar-refractivity contribution is 7.90. The summed E-state index contributed by atoms with van der Waals surface area (Å²) >= 11 is 5.86. The first-order valence-electron chi connectivity index (χ1n) is 7.63. The summed E-state index contributed by atoms with van der Waals surface area (Å²) < 4.78 is 44.9. The molecule has 0 amide bonds. The minimum Gasteiger partial charge on any atom is -0.461 e. The second kappa shape index (κ2) is 7.43. The molecule has 1 aliphatic rings. The van der Waals surface area contributed by atoms with Crippen LogP contribution in [0.3, 0.4) is 0 Å². The van der Waals surface area contributed by atoms with Gasteiger partial charge in [-0.2, -0.15) is 0 Å². The number of fused-ring (bicyclic) bond motifs is 1. The van der Waals surface area contributed by atoms with E-state index in [0.29, 0.717) is 5.56 Å². The summed E-state index contributed by atoms with van der Waals surface area (Å²) in [6.07, 6.45) is -0.0839. The SMILES string of the molecule is O=C(CCN=C1NS(=O)(=O)c2ccccc21)OCc1c(F)cccc1Cl. The maximum Gasteiger partial charge on any atom is 0.308 e. The monoisotopic (exact) mass is 396 g/mol. The molecular formula is C17H14ClFN2O4S. The van der Waals surface area contributed by atoms with Crippen molar-refractivity contribution in [3.8, 4) is 0 Å². The summed E-state index contributed by atoms with van der Waals surface area (Å²) in [7, 11) is -3.61. The first-order chi connectivity index (χ1) is 12.4. The van der Waals surface area contributed by atoms with Crippen LogP contribution in [0.1, 0.15) is 17.5 Å². The number of rotatable bonds is 5. The van der Waals surface area contributed by atoms with Crippen molar-refractivity contribution in [3.05, 3.63) is 64.4 Å². The summed E-state index contributed by atoms with van der Waals surface area (Å²) in [6.45, 7) is -0.258. The number of esters is 1. The zero-order valence-corrected chi connectivity index (χ0v) is 15.0. The van der Waals surface area contributed by atoms with Crippen molar-refractivity contribution in [2.45, 2.75) is 17.9 Å². The van der Waals surface area contributed by atoms with Gasteiger partial charge in [0.1, 0.15) is 18.3 Å². The highest BCUT2D eigenvalue weighted by atomic mass is 35.5. The summed E-state index contributed by atoms with van der Waals surface area (Å²) in [5, 5.41) is 0.176. The van der Waals surface area contributed by atoms with Crippen LogP contribution in [0.25, 0.3) is 0 Å². The molecule has 0 fully saturated rings. The van der Waals surface area contributed by atoms with Crippen LogP contribution in [0, 0.1) is 5.82 Å². The standard InChI is InChI=1S/C17H14ClFN2O4S/c18-13-5-3-6-14(19)12(13)10-25-16(22)8-9-20-17-11-4-1-2-7-15(11)26(23,24)21-17/h1-7H,8-10H2,(H,20,21). The summed E-state index contributed by atoms with van der Waals surface area (Å²) in [6, 6.07) is 10.6. The van der Waals surface area contributed by atoms with Crippen molar-refractivity contribution in [3.63, 3.8) is 0 Å². The summed E-state index contributed by atoms with van der Waals surface area (Å²) in [5.41, 5.74) is 0.560. The zero-order chi connectivity index (χ0) is 18.7. The Labute approximate surface area is 154 Å². The molecule has 26 heavy (non-hydrogen) atoms. The van der Waals surface area contributed by atoms with Gasteiger partial charge in [-0.25, -0.2) is 12.8 Å². The molecule has 2 aromatic carbocycles. The van der Waals surface area contributed by atoms with E-state index in [0.717, 1.165) is 0 Å². The number of nitrogens with one attached hydrogen (secondary N) is 1. The Bertz CT molecular complexity index is 972. The van der Waals surface area contributed by atoms with E-state index in [1.165, 1.54) is 24.3 Å². The number of halogens is 2. The lowest BCUT2D eigenvalue weighted by molar-refractivity contribution is -0.144. The number of aliphatic imine (C=N–C) groups is 1. The maximum atomic E-state index is 13.6. The third-order valence-corrected chi connectivity index (χ3v) is 5.44. The fourth-order valence-corrected chi connectivity index (χ4v) is 3.87. The van der Waals surface area contributed by atoms with Gasteiger partial charge in [-0.15, -0.1) is 0 Å². The van der Waals surface area contributed by atoms with Crippen LogP contribution in [0.5, 0.6) is 0 Å². The van der Waals surface area contributed by atoms with Gasteiger partial charge in [0, 0.05) is 11.1 Å². The quantitative estimate of drug-likeness (QED) is 0.787. The van der Waals surface area contributed by atoms with Crippen LogP contribution in [-0.4, -0.2) is 26.8 Å². The molecule has 2 aromatic rings. The van der Waals surface area contributed by atoms with Crippen molar-refractivity contribution >= 4 is 33.4 Å². The molecule has 0 radical (unpaired) electrons. The van der Waals surface area contributed by atoms with Crippen molar-refractivity contribution in [1.82, 2.24) is 4.72 Å². The van der Waals surface area contributed by atoms with Crippen LogP contribution >= 0.6 is 11.6 Å². The molecule has 1 N–H and O–H groups in total. The molecule has 9 heteroatoms. The Balaban J connectivity index is 1.59. The molecule has 1 heterocycles. The van der Waals surface area contributed by atoms with E-state index >= 15 is 0 Å². The van der Waals surface area contributed by atoms with E-state index in [1.54, 1.807) is 18.2 Å². The second-order valence-corrected chi connectivity index (χ2v) is 7.50. The second-order valence-electron chi connectivity index (χ2n) is 5.44. The molecule has 0 aliphatic carbocycles. The number of carbonyl (C=O) groups is 1. The van der Waals surface area contributed by atoms with Crippen LogP contribution < -0.4 is 4.72 Å². The number of amidine groups is 1. The number of hydrogen-bond donors (Lipinski definition) is 1. The van der Waals surface area contributed by atoms with Gasteiger partial charge in [-0.3, -0.25) is 14.5 Å². The van der Waals surface area contributed by atoms with Gasteiger partial charge in [0.2, 0.25) is 0 Å². The predicted molar refractivity (Wildman–Crippen MR) is 94.0 cm³/mol. The van der Waals surface area contributed by atoms with E-state index in [4.69, 9.17) is 16.3 Å². The molecule has 0 aromatic heterocycles. The predicted octanol–water partition coefficient (Wildman–Crippen LogP) is 2.65. The Morgan fingerprint density at radius 3 is 2.73 bits per heavy atom. The number of benzene rings is 2. The Morgan fingerprint density at radius 1 is 1.19 bits per heavy atom. The van der Waals surface area contributed by atoms with Crippen molar-refractivity contribution in [2.24, 2.45) is 4.99 Å². The molecule has 0 unspecified atom stereocenters. The minimum atomic E-state index is -3.61. The summed E-state index contributed by atoms with van der Waals surface area (Å²) in [4.78, 5) is 16.1. The van der Waals surface area contributed by atoms with Crippen molar-refractivity contribution in [2.75, 3.05) is 6.54 Å². The molecule has 136 valence electrons. The Kier molecular flexibility index (Phi) is 5.24. The molecular weight excluding hydrogens is 383 g/mol. The van der Waals surface area contributed by atoms with Gasteiger partial charge in [0.05, 0.1) is 22.9 Å². The number of sulfonamides is 1. The van der Waals surface area contributed by atoms with Gasteiger partial charge < -0.3 is 4.74 Å². The van der Waals surface area contributed by atoms with Gasteiger partial charge >= 0.3 is 5.97 Å². The van der Waals surface area contributed by atoms with Gasteiger partial charge in [0.15, 0.2) is 0 Å². The molecule has 3 rings (SSSR count). The van der Waals surface area contributed by atoms with E-state index < -0.39 is 21.8 Å². The minimum absolute atomic E-state index is 0.0238. The third-order valence-electron chi connectivity index (χ3n) is 3.69. The van der Waals surface area contributed by atoms with Crippen molar-refractivity contribution in [1.29, 1.82) is 0 Å². The Morgan fingerprint density at radius 2 is 1.96 bits per heavy atom. The molecule has 0 bridgehead atoms. The highest BCUT2D eigenvalue weighted by Gasteiger charge is 2.29. The van der Waals surface area contributed by atoms with Crippen LogP contribution in [-0.2, 0) is 26.2 Å². The van der Waals surface area contributed by atoms with Gasteiger partial charge in [0.25, 0.3) is 10.0 Å². The van der Waals surface area contributed by atoms with Crippen molar-refractivity contribution < 1.29 is 22.3 Å².